The molecule has 0 saturated carbocycles. The summed E-state index contributed by atoms with van der Waals surface area (Å²) in [7, 11) is 2.31. The third-order valence-corrected chi connectivity index (χ3v) is 7.33. The van der Waals surface area contributed by atoms with Gasteiger partial charge in [-0.1, -0.05) is 18.2 Å². The van der Waals surface area contributed by atoms with E-state index in [1.807, 2.05) is 57.5 Å². The fraction of sp³-hybridized carbons (Fsp3) is 0.524. The van der Waals surface area contributed by atoms with E-state index in [0.29, 0.717) is 30.1 Å². The van der Waals surface area contributed by atoms with Gasteiger partial charge in [0.25, 0.3) is 0 Å². The van der Waals surface area contributed by atoms with Crippen LogP contribution in [0.4, 0.5) is 0 Å². The topological polar surface area (TPSA) is 86.1 Å². The number of hydrogen-bond donors (Lipinski definition) is 1. The maximum Gasteiger partial charge on any atom is 0.243 e. The zero-order valence-corrected chi connectivity index (χ0v) is 19.6. The first-order valence-corrected chi connectivity index (χ1v) is 12.0. The molecule has 31 heavy (non-hydrogen) atoms. The third kappa shape index (κ3) is 5.84. The number of guanidine groups is 1. The van der Waals surface area contributed by atoms with Crippen LogP contribution in [0, 0.1) is 0 Å². The highest BCUT2D eigenvalue weighted by Gasteiger charge is 2.29. The van der Waals surface area contributed by atoms with E-state index in [1.165, 1.54) is 0 Å². The summed E-state index contributed by atoms with van der Waals surface area (Å²) in [6.45, 7) is 6.16. The van der Waals surface area contributed by atoms with Gasteiger partial charge in [-0.25, -0.2) is 13.4 Å². The minimum absolute atomic E-state index is 0.281. The zero-order chi connectivity index (χ0) is 22.4. The number of aryl methyl sites for hydroxylation is 1. The van der Waals surface area contributed by atoms with Crippen molar-refractivity contribution in [2.24, 2.45) is 12.0 Å². The monoisotopic (exact) mass is 447 g/mol. The second-order valence-electron chi connectivity index (χ2n) is 7.86. The van der Waals surface area contributed by atoms with Crippen molar-refractivity contribution in [3.8, 4) is 0 Å². The lowest BCUT2D eigenvalue weighted by molar-refractivity contribution is 0.222. The molecular weight excluding hydrogens is 414 g/mol. The number of hydrogen-bond acceptors (Lipinski definition) is 5. The lowest BCUT2D eigenvalue weighted by Gasteiger charge is -2.32. The number of aromatic nitrogens is 2. The summed E-state index contributed by atoms with van der Waals surface area (Å²) >= 11 is 0. The van der Waals surface area contributed by atoms with Crippen molar-refractivity contribution in [2.75, 3.05) is 46.8 Å². The molecule has 0 spiro atoms. The maximum atomic E-state index is 13.3. The Morgan fingerprint density at radius 2 is 1.90 bits per heavy atom. The van der Waals surface area contributed by atoms with Crippen molar-refractivity contribution in [2.45, 2.75) is 24.9 Å². The Balaban J connectivity index is 1.79. The van der Waals surface area contributed by atoms with Crippen LogP contribution in [0.5, 0.6) is 0 Å². The molecule has 1 fully saturated rings. The van der Waals surface area contributed by atoms with Crippen molar-refractivity contribution in [3.63, 3.8) is 0 Å². The van der Waals surface area contributed by atoms with E-state index < -0.39 is 10.0 Å². The number of aliphatic imine (C=N–C) groups is 1. The number of piperazine rings is 1. The number of likely N-dealkylation sites (N-methyl/N-ethyl adjacent to an activating group) is 1. The van der Waals surface area contributed by atoms with Gasteiger partial charge < -0.3 is 15.1 Å². The van der Waals surface area contributed by atoms with Crippen molar-refractivity contribution >= 4 is 16.0 Å². The molecule has 9 nitrogen and oxygen atoms in total. The number of rotatable bonds is 7. The highest BCUT2D eigenvalue weighted by atomic mass is 32.2. The molecule has 0 bridgehead atoms. The van der Waals surface area contributed by atoms with Gasteiger partial charge in [-0.05, 0) is 25.6 Å². The molecule has 0 aliphatic carbocycles. The normalized spacial score (nSPS) is 16.5. The van der Waals surface area contributed by atoms with E-state index in [0.717, 1.165) is 31.2 Å². The molecule has 0 amide bonds. The van der Waals surface area contributed by atoms with E-state index in [-0.39, 0.29) is 6.54 Å². The van der Waals surface area contributed by atoms with Crippen LogP contribution in [-0.2, 0) is 30.2 Å². The van der Waals surface area contributed by atoms with Crippen molar-refractivity contribution in [3.05, 3.63) is 47.8 Å². The van der Waals surface area contributed by atoms with Crippen LogP contribution < -0.4 is 5.32 Å². The zero-order valence-electron chi connectivity index (χ0n) is 18.8. The van der Waals surface area contributed by atoms with Crippen molar-refractivity contribution in [1.82, 2.24) is 29.2 Å². The molecule has 1 saturated heterocycles. The minimum Gasteiger partial charge on any atom is -0.357 e. The summed E-state index contributed by atoms with van der Waals surface area (Å²) in [5, 5.41) is 7.50. The SMILES string of the molecule is CCNC(=NCc1ccccc1S(=O)(=O)N1CCN(C)CC1)N(C)Cc1cnn(C)c1. The second kappa shape index (κ2) is 10.3. The lowest BCUT2D eigenvalue weighted by Crippen LogP contribution is -2.47. The first kappa shape index (κ1) is 23.2. The first-order valence-electron chi connectivity index (χ1n) is 10.5. The predicted molar refractivity (Wildman–Crippen MR) is 122 cm³/mol. The molecule has 10 heteroatoms. The molecule has 1 N–H and O–H groups in total. The van der Waals surface area contributed by atoms with Crippen LogP contribution in [-0.4, -0.2) is 85.1 Å². The lowest BCUT2D eigenvalue weighted by atomic mass is 10.2. The molecule has 0 atom stereocenters. The van der Waals surface area contributed by atoms with Gasteiger partial charge in [0.1, 0.15) is 0 Å². The second-order valence-corrected chi connectivity index (χ2v) is 9.77. The standard InChI is InChI=1S/C21H33N7O2S/c1-5-22-21(26(3)16-18-14-24-27(4)17-18)23-15-19-8-6-7-9-20(19)31(29,30)28-12-10-25(2)11-13-28/h6-9,14,17H,5,10-13,15-16H2,1-4H3,(H,22,23). The first-order chi connectivity index (χ1) is 14.8. The van der Waals surface area contributed by atoms with E-state index in [1.54, 1.807) is 21.1 Å². The van der Waals surface area contributed by atoms with Gasteiger partial charge in [-0.15, -0.1) is 0 Å². The van der Waals surface area contributed by atoms with Crippen LogP contribution in [0.25, 0.3) is 0 Å². The molecule has 0 unspecified atom stereocenters. The number of nitrogens with one attached hydrogen (secondary N) is 1. The minimum atomic E-state index is -3.55. The van der Waals surface area contributed by atoms with E-state index >= 15 is 0 Å². The Hall–Kier alpha value is -2.43. The van der Waals surface area contributed by atoms with Gasteiger partial charge in [0.15, 0.2) is 5.96 Å². The fourth-order valence-corrected chi connectivity index (χ4v) is 5.22. The average molecular weight is 448 g/mol. The van der Waals surface area contributed by atoms with E-state index in [2.05, 4.69) is 15.3 Å². The number of nitrogens with zero attached hydrogens (tertiary/aromatic N) is 6. The van der Waals surface area contributed by atoms with Gasteiger partial charge in [0.2, 0.25) is 10.0 Å². The van der Waals surface area contributed by atoms with Crippen molar-refractivity contribution in [1.29, 1.82) is 0 Å². The Bertz CT molecular complexity index is 995. The Morgan fingerprint density at radius 3 is 2.55 bits per heavy atom. The van der Waals surface area contributed by atoms with Crippen LogP contribution in [0.15, 0.2) is 46.5 Å². The maximum absolute atomic E-state index is 13.3. The molecule has 2 heterocycles. The highest BCUT2D eigenvalue weighted by molar-refractivity contribution is 7.89. The molecule has 0 radical (unpaired) electrons. The van der Waals surface area contributed by atoms with Gasteiger partial charge in [-0.3, -0.25) is 4.68 Å². The number of benzene rings is 1. The molecule has 1 aliphatic heterocycles. The van der Waals surface area contributed by atoms with E-state index in [9.17, 15) is 8.42 Å². The molecule has 1 aliphatic rings. The summed E-state index contributed by atoms with van der Waals surface area (Å²) < 4.78 is 29.9. The van der Waals surface area contributed by atoms with E-state index in [4.69, 9.17) is 4.99 Å². The predicted octanol–water partition coefficient (Wildman–Crippen LogP) is 0.954. The highest BCUT2D eigenvalue weighted by Crippen LogP contribution is 2.22. The molecule has 2 aromatic rings. The summed E-state index contributed by atoms with van der Waals surface area (Å²) in [5.41, 5.74) is 1.78. The summed E-state index contributed by atoms with van der Waals surface area (Å²) in [4.78, 5) is 9.23. The van der Waals surface area contributed by atoms with Crippen LogP contribution in [0.2, 0.25) is 0 Å². The quantitative estimate of drug-likeness (QED) is 0.503. The molecular formula is C21H33N7O2S. The largest absolute Gasteiger partial charge is 0.357 e. The molecule has 1 aromatic carbocycles. The third-order valence-electron chi connectivity index (χ3n) is 5.33. The van der Waals surface area contributed by atoms with Gasteiger partial charge >= 0.3 is 0 Å². The fourth-order valence-electron chi connectivity index (χ4n) is 3.59. The van der Waals surface area contributed by atoms with Crippen LogP contribution in [0.1, 0.15) is 18.1 Å². The average Bonchev–Trinajstić information content (AvgIpc) is 3.16. The summed E-state index contributed by atoms with van der Waals surface area (Å²) in [5.74, 6) is 0.721. The Labute approximate surface area is 185 Å². The molecule has 170 valence electrons. The van der Waals surface area contributed by atoms with Gasteiger partial charge in [0, 0.05) is 65.1 Å². The van der Waals surface area contributed by atoms with Gasteiger partial charge in [0.05, 0.1) is 17.6 Å². The van der Waals surface area contributed by atoms with Crippen LogP contribution >= 0.6 is 0 Å². The Kier molecular flexibility index (Phi) is 7.69. The smallest absolute Gasteiger partial charge is 0.243 e. The number of sulfonamides is 1. The molecule has 3 rings (SSSR count). The summed E-state index contributed by atoms with van der Waals surface area (Å²) in [6, 6.07) is 7.16. The van der Waals surface area contributed by atoms with Gasteiger partial charge in [-0.2, -0.15) is 9.40 Å². The van der Waals surface area contributed by atoms with Crippen molar-refractivity contribution < 1.29 is 8.42 Å². The van der Waals surface area contributed by atoms with Crippen LogP contribution in [0.3, 0.4) is 0 Å². The summed E-state index contributed by atoms with van der Waals surface area (Å²) in [6.07, 6.45) is 3.80. The molecule has 1 aromatic heterocycles. The Morgan fingerprint density at radius 1 is 1.19 bits per heavy atom.